The quantitative estimate of drug-likeness (QED) is 0.695. The van der Waals surface area contributed by atoms with Crippen LogP contribution in [-0.4, -0.2) is 42.6 Å². The monoisotopic (exact) mass is 387 g/mol. The maximum atomic E-state index is 12.4. The van der Waals surface area contributed by atoms with E-state index in [9.17, 15) is 4.79 Å². The van der Waals surface area contributed by atoms with Crippen molar-refractivity contribution in [1.29, 1.82) is 0 Å². The first-order valence-electron chi connectivity index (χ1n) is 8.71. The first-order valence-corrected chi connectivity index (χ1v) is 8.71. The fourth-order valence-electron chi connectivity index (χ4n) is 2.91. The number of rotatable bonds is 6. The molecule has 0 aliphatic heterocycles. The Kier molecular flexibility index (Phi) is 6.88. The SMILES string of the molecule is Cc1cccc(Oc2ccc3c(c2)cc(C(=O)NCCN(C)C)n3C)c1.Cl. The van der Waals surface area contributed by atoms with E-state index in [1.54, 1.807) is 0 Å². The minimum atomic E-state index is -0.0632. The van der Waals surface area contributed by atoms with Crippen LogP contribution in [0.1, 0.15) is 16.1 Å². The van der Waals surface area contributed by atoms with Crippen LogP contribution in [0.3, 0.4) is 0 Å². The van der Waals surface area contributed by atoms with E-state index in [0.29, 0.717) is 12.2 Å². The van der Waals surface area contributed by atoms with E-state index < -0.39 is 0 Å². The summed E-state index contributed by atoms with van der Waals surface area (Å²) in [4.78, 5) is 14.5. The third kappa shape index (κ3) is 5.02. The van der Waals surface area contributed by atoms with Gasteiger partial charge < -0.3 is 19.5 Å². The van der Waals surface area contributed by atoms with Gasteiger partial charge in [0.1, 0.15) is 17.2 Å². The van der Waals surface area contributed by atoms with Gasteiger partial charge in [-0.25, -0.2) is 0 Å². The molecule has 0 unspecified atom stereocenters. The molecule has 6 heteroatoms. The fourth-order valence-corrected chi connectivity index (χ4v) is 2.91. The van der Waals surface area contributed by atoms with E-state index in [0.717, 1.165) is 34.5 Å². The highest BCUT2D eigenvalue weighted by Crippen LogP contribution is 2.27. The molecule has 2 aromatic carbocycles. The number of aromatic nitrogens is 1. The van der Waals surface area contributed by atoms with Gasteiger partial charge in [-0.2, -0.15) is 0 Å². The molecular weight excluding hydrogens is 362 g/mol. The Labute approximate surface area is 166 Å². The van der Waals surface area contributed by atoms with Gasteiger partial charge in [0.2, 0.25) is 0 Å². The topological polar surface area (TPSA) is 46.5 Å². The lowest BCUT2D eigenvalue weighted by atomic mass is 10.2. The highest BCUT2D eigenvalue weighted by atomic mass is 35.5. The van der Waals surface area contributed by atoms with Gasteiger partial charge in [-0.3, -0.25) is 4.79 Å². The van der Waals surface area contributed by atoms with Crippen molar-refractivity contribution >= 4 is 29.2 Å². The van der Waals surface area contributed by atoms with E-state index in [-0.39, 0.29) is 18.3 Å². The van der Waals surface area contributed by atoms with Gasteiger partial charge in [0.15, 0.2) is 0 Å². The molecule has 1 heterocycles. The maximum Gasteiger partial charge on any atom is 0.267 e. The van der Waals surface area contributed by atoms with Crippen LogP contribution in [0.2, 0.25) is 0 Å². The first-order chi connectivity index (χ1) is 12.4. The van der Waals surface area contributed by atoms with Gasteiger partial charge in [-0.05, 0) is 63.0 Å². The van der Waals surface area contributed by atoms with E-state index in [4.69, 9.17) is 4.74 Å². The molecule has 0 saturated heterocycles. The molecule has 3 aromatic rings. The summed E-state index contributed by atoms with van der Waals surface area (Å²) in [5, 5.41) is 3.94. The van der Waals surface area contributed by atoms with Crippen molar-refractivity contribution in [2.45, 2.75) is 6.92 Å². The third-order valence-corrected chi connectivity index (χ3v) is 4.32. The average molecular weight is 388 g/mol. The van der Waals surface area contributed by atoms with Crippen LogP contribution >= 0.6 is 12.4 Å². The summed E-state index contributed by atoms with van der Waals surface area (Å²) in [6, 6.07) is 15.7. The molecule has 0 fully saturated rings. The number of hydrogen-bond acceptors (Lipinski definition) is 3. The van der Waals surface area contributed by atoms with Crippen molar-refractivity contribution in [1.82, 2.24) is 14.8 Å². The van der Waals surface area contributed by atoms with Gasteiger partial charge in [-0.1, -0.05) is 12.1 Å². The Balaban J connectivity index is 0.00000261. The number of carbonyl (C=O) groups is 1. The molecule has 27 heavy (non-hydrogen) atoms. The molecular formula is C21H26ClN3O2. The summed E-state index contributed by atoms with van der Waals surface area (Å²) in [6.45, 7) is 3.47. The number of halogens is 1. The average Bonchev–Trinajstić information content (AvgIpc) is 2.91. The van der Waals surface area contributed by atoms with E-state index in [2.05, 4.69) is 5.32 Å². The van der Waals surface area contributed by atoms with Crippen molar-refractivity contribution in [2.75, 3.05) is 27.2 Å². The summed E-state index contributed by atoms with van der Waals surface area (Å²) in [5.74, 6) is 1.50. The van der Waals surface area contributed by atoms with Crippen molar-refractivity contribution < 1.29 is 9.53 Å². The standard InChI is InChI=1S/C21H25N3O2.ClH/c1-15-6-5-7-17(12-15)26-18-8-9-19-16(13-18)14-20(24(19)4)21(25)22-10-11-23(2)3;/h5-9,12-14H,10-11H2,1-4H3,(H,22,25);1H. The Morgan fingerprint density at radius 3 is 2.56 bits per heavy atom. The molecule has 0 saturated carbocycles. The molecule has 1 amide bonds. The number of carbonyl (C=O) groups excluding carboxylic acids is 1. The highest BCUT2D eigenvalue weighted by molar-refractivity contribution is 5.99. The zero-order valence-electron chi connectivity index (χ0n) is 16.2. The van der Waals surface area contributed by atoms with Crippen LogP contribution < -0.4 is 10.1 Å². The van der Waals surface area contributed by atoms with Crippen molar-refractivity contribution in [3.8, 4) is 11.5 Å². The zero-order chi connectivity index (χ0) is 18.7. The molecule has 1 aromatic heterocycles. The van der Waals surface area contributed by atoms with Gasteiger partial charge >= 0.3 is 0 Å². The first kappa shape index (κ1) is 20.8. The smallest absolute Gasteiger partial charge is 0.267 e. The van der Waals surface area contributed by atoms with Crippen LogP contribution in [-0.2, 0) is 7.05 Å². The number of benzene rings is 2. The fraction of sp³-hybridized carbons (Fsp3) is 0.286. The lowest BCUT2D eigenvalue weighted by molar-refractivity contribution is 0.0943. The maximum absolute atomic E-state index is 12.4. The predicted molar refractivity (Wildman–Crippen MR) is 112 cm³/mol. The van der Waals surface area contributed by atoms with E-state index in [1.165, 1.54) is 0 Å². The summed E-state index contributed by atoms with van der Waals surface area (Å²) in [7, 11) is 5.88. The second kappa shape index (κ2) is 8.93. The third-order valence-electron chi connectivity index (χ3n) is 4.32. The molecule has 144 valence electrons. The molecule has 1 N–H and O–H groups in total. The Bertz CT molecular complexity index is 934. The summed E-state index contributed by atoms with van der Waals surface area (Å²) < 4.78 is 7.87. The van der Waals surface area contributed by atoms with E-state index in [1.807, 2.05) is 86.1 Å². The van der Waals surface area contributed by atoms with Crippen molar-refractivity contribution in [2.24, 2.45) is 7.05 Å². The highest BCUT2D eigenvalue weighted by Gasteiger charge is 2.13. The number of nitrogens with one attached hydrogen (secondary N) is 1. The van der Waals surface area contributed by atoms with E-state index >= 15 is 0 Å². The van der Waals surface area contributed by atoms with Crippen molar-refractivity contribution in [3.63, 3.8) is 0 Å². The normalized spacial score (nSPS) is 10.7. The summed E-state index contributed by atoms with van der Waals surface area (Å²) in [6.07, 6.45) is 0. The number of likely N-dealkylation sites (N-methyl/N-ethyl adjacent to an activating group) is 1. The van der Waals surface area contributed by atoms with Crippen LogP contribution in [0.25, 0.3) is 10.9 Å². The molecule has 0 bridgehead atoms. The lowest BCUT2D eigenvalue weighted by Crippen LogP contribution is -2.32. The molecule has 0 radical (unpaired) electrons. The van der Waals surface area contributed by atoms with Gasteiger partial charge in [0.05, 0.1) is 0 Å². The minimum absolute atomic E-state index is 0. The largest absolute Gasteiger partial charge is 0.457 e. The molecule has 3 rings (SSSR count). The zero-order valence-corrected chi connectivity index (χ0v) is 17.0. The number of fused-ring (bicyclic) bond motifs is 1. The number of amides is 1. The Morgan fingerprint density at radius 1 is 1.11 bits per heavy atom. The molecule has 5 nitrogen and oxygen atoms in total. The molecule has 0 spiro atoms. The van der Waals surface area contributed by atoms with Gasteiger partial charge in [-0.15, -0.1) is 12.4 Å². The lowest BCUT2D eigenvalue weighted by Gasteiger charge is -2.10. The second-order valence-electron chi connectivity index (χ2n) is 6.79. The summed E-state index contributed by atoms with van der Waals surface area (Å²) >= 11 is 0. The predicted octanol–water partition coefficient (Wildman–Crippen LogP) is 3.99. The Hall–Kier alpha value is -2.50. The van der Waals surface area contributed by atoms with Crippen molar-refractivity contribution in [3.05, 3.63) is 59.8 Å². The van der Waals surface area contributed by atoms with Crippen LogP contribution in [0.4, 0.5) is 0 Å². The van der Waals surface area contributed by atoms with Crippen LogP contribution in [0.15, 0.2) is 48.5 Å². The number of aryl methyl sites for hydroxylation is 2. The number of nitrogens with zero attached hydrogens (tertiary/aromatic N) is 2. The molecule has 0 aliphatic carbocycles. The van der Waals surface area contributed by atoms with Gasteiger partial charge in [0, 0.05) is 31.0 Å². The summed E-state index contributed by atoms with van der Waals surface area (Å²) in [5.41, 5.74) is 2.80. The number of hydrogen-bond donors (Lipinski definition) is 1. The number of ether oxygens (including phenoxy) is 1. The van der Waals surface area contributed by atoms with Crippen LogP contribution in [0, 0.1) is 6.92 Å². The molecule has 0 aliphatic rings. The van der Waals surface area contributed by atoms with Crippen LogP contribution in [0.5, 0.6) is 11.5 Å². The van der Waals surface area contributed by atoms with Gasteiger partial charge in [0.25, 0.3) is 5.91 Å². The Morgan fingerprint density at radius 2 is 1.85 bits per heavy atom. The minimum Gasteiger partial charge on any atom is -0.457 e. The molecule has 0 atom stereocenters. The second-order valence-corrected chi connectivity index (χ2v) is 6.79.